The Morgan fingerprint density at radius 2 is 1.75 bits per heavy atom. The zero-order valence-electron chi connectivity index (χ0n) is 18.5. The molecule has 5 heteroatoms. The summed E-state index contributed by atoms with van der Waals surface area (Å²) in [5, 5.41) is 2.94. The molecule has 0 bridgehead atoms. The topological polar surface area (TPSA) is 61.8 Å². The molecule has 0 unspecified atom stereocenters. The molecule has 3 aromatic rings. The van der Waals surface area contributed by atoms with Crippen molar-refractivity contribution in [2.45, 2.75) is 26.7 Å². The molecule has 1 N–H and O–H groups in total. The average molecular weight is 426 g/mol. The van der Waals surface area contributed by atoms with Crippen LogP contribution in [0.4, 0.5) is 11.4 Å². The smallest absolute Gasteiger partial charge is 0.240 e. The minimum Gasteiger partial charge on any atom is -0.354 e. The van der Waals surface area contributed by atoms with Crippen molar-refractivity contribution in [1.82, 2.24) is 5.32 Å². The number of nitrogens with zero attached hydrogens (tertiary/aromatic N) is 2. The number of amides is 2. The Balaban J connectivity index is 1.51. The Morgan fingerprint density at radius 3 is 2.53 bits per heavy atom. The van der Waals surface area contributed by atoms with Gasteiger partial charge in [-0.3, -0.25) is 14.6 Å². The van der Waals surface area contributed by atoms with E-state index in [4.69, 9.17) is 4.99 Å². The maximum Gasteiger partial charge on any atom is 0.240 e. The molecule has 0 atom stereocenters. The number of hydrogen-bond donors (Lipinski definition) is 1. The lowest BCUT2D eigenvalue weighted by molar-refractivity contribution is -0.123. The summed E-state index contributed by atoms with van der Waals surface area (Å²) < 4.78 is 0. The van der Waals surface area contributed by atoms with Crippen LogP contribution in [0.1, 0.15) is 28.7 Å². The monoisotopic (exact) mass is 425 g/mol. The lowest BCUT2D eigenvalue weighted by atomic mass is 9.99. The van der Waals surface area contributed by atoms with Crippen LogP contribution in [-0.2, 0) is 16.0 Å². The molecule has 0 fully saturated rings. The molecule has 0 spiro atoms. The van der Waals surface area contributed by atoms with Crippen LogP contribution in [0.3, 0.4) is 0 Å². The molecule has 5 nitrogen and oxygen atoms in total. The third kappa shape index (κ3) is 4.94. The van der Waals surface area contributed by atoms with Gasteiger partial charge < -0.3 is 10.2 Å². The molecule has 32 heavy (non-hydrogen) atoms. The number of aliphatic imine (C=N–C) groups is 1. The van der Waals surface area contributed by atoms with E-state index in [1.807, 2.05) is 80.6 Å². The van der Waals surface area contributed by atoms with Crippen LogP contribution in [-0.4, -0.2) is 30.6 Å². The van der Waals surface area contributed by atoms with E-state index in [-0.39, 0.29) is 24.8 Å². The number of rotatable bonds is 6. The molecule has 4 rings (SSSR count). The first kappa shape index (κ1) is 21.5. The predicted molar refractivity (Wildman–Crippen MR) is 129 cm³/mol. The molecule has 0 aromatic heterocycles. The minimum absolute atomic E-state index is 0.0275. The van der Waals surface area contributed by atoms with Gasteiger partial charge in [0.15, 0.2) is 0 Å². The van der Waals surface area contributed by atoms with Crippen molar-refractivity contribution in [3.8, 4) is 0 Å². The Kier molecular flexibility index (Phi) is 6.45. The van der Waals surface area contributed by atoms with Crippen LogP contribution in [0.25, 0.3) is 0 Å². The Labute approximate surface area is 188 Å². The molecule has 2 amide bonds. The molecular weight excluding hydrogens is 398 g/mol. The largest absolute Gasteiger partial charge is 0.354 e. The number of nitrogens with one attached hydrogen (secondary N) is 1. The summed E-state index contributed by atoms with van der Waals surface area (Å²) >= 11 is 0. The van der Waals surface area contributed by atoms with Gasteiger partial charge in [0.05, 0.1) is 23.5 Å². The van der Waals surface area contributed by atoms with Crippen molar-refractivity contribution in [2.75, 3.05) is 18.0 Å². The number of benzene rings is 3. The second kappa shape index (κ2) is 9.60. The van der Waals surface area contributed by atoms with Gasteiger partial charge in [-0.1, -0.05) is 66.2 Å². The number of para-hydroxylation sites is 2. The van der Waals surface area contributed by atoms with Gasteiger partial charge in [0, 0.05) is 6.54 Å². The number of anilines is 1. The van der Waals surface area contributed by atoms with Crippen LogP contribution >= 0.6 is 0 Å². The molecule has 3 aromatic carbocycles. The maximum absolute atomic E-state index is 13.2. The zero-order chi connectivity index (χ0) is 22.5. The standard InChI is InChI=1S/C27H27N3O2/c1-19-12-13-22(20(2)16-19)24-17-27(32)30(25-11-7-6-10-23(25)29-24)18-26(31)28-15-14-21-8-4-3-5-9-21/h3-13,16H,14-15,17-18H2,1-2H3,(H,28,31). The first-order chi connectivity index (χ1) is 15.5. The van der Waals surface area contributed by atoms with Gasteiger partial charge in [-0.25, -0.2) is 0 Å². The van der Waals surface area contributed by atoms with Crippen molar-refractivity contribution in [3.05, 3.63) is 95.1 Å². The lowest BCUT2D eigenvalue weighted by Crippen LogP contribution is -2.41. The quantitative estimate of drug-likeness (QED) is 0.631. The number of carbonyl (C=O) groups excluding carboxylic acids is 2. The summed E-state index contributed by atoms with van der Waals surface area (Å²) in [4.78, 5) is 32.3. The van der Waals surface area contributed by atoms with E-state index in [0.29, 0.717) is 17.9 Å². The predicted octanol–water partition coefficient (Wildman–Crippen LogP) is 4.52. The summed E-state index contributed by atoms with van der Waals surface area (Å²) in [5.74, 6) is -0.314. The molecule has 0 radical (unpaired) electrons. The van der Waals surface area contributed by atoms with Crippen LogP contribution < -0.4 is 10.2 Å². The Bertz CT molecular complexity index is 1170. The second-order valence-electron chi connectivity index (χ2n) is 8.11. The van der Waals surface area contributed by atoms with E-state index in [0.717, 1.165) is 28.8 Å². The van der Waals surface area contributed by atoms with Gasteiger partial charge in [0.25, 0.3) is 0 Å². The average Bonchev–Trinajstić information content (AvgIpc) is 2.91. The first-order valence-electron chi connectivity index (χ1n) is 10.9. The van der Waals surface area contributed by atoms with Gasteiger partial charge in [-0.2, -0.15) is 0 Å². The van der Waals surface area contributed by atoms with Gasteiger partial charge in [-0.15, -0.1) is 0 Å². The Hall–Kier alpha value is -3.73. The summed E-state index contributed by atoms with van der Waals surface area (Å²) in [6.07, 6.45) is 0.896. The maximum atomic E-state index is 13.2. The van der Waals surface area contributed by atoms with Crippen LogP contribution in [0.2, 0.25) is 0 Å². The number of hydrogen-bond acceptors (Lipinski definition) is 3. The minimum atomic E-state index is -0.181. The molecule has 1 aliphatic heterocycles. The van der Waals surface area contributed by atoms with Gasteiger partial charge in [-0.05, 0) is 49.1 Å². The van der Waals surface area contributed by atoms with Crippen molar-refractivity contribution >= 4 is 28.9 Å². The van der Waals surface area contributed by atoms with Gasteiger partial charge >= 0.3 is 0 Å². The number of aryl methyl sites for hydroxylation is 2. The molecule has 0 aliphatic carbocycles. The fourth-order valence-electron chi connectivity index (χ4n) is 4.00. The highest BCUT2D eigenvalue weighted by molar-refractivity contribution is 6.19. The zero-order valence-corrected chi connectivity index (χ0v) is 18.5. The third-order valence-corrected chi connectivity index (χ3v) is 5.62. The molecule has 1 aliphatic rings. The fourth-order valence-corrected chi connectivity index (χ4v) is 4.00. The summed E-state index contributed by atoms with van der Waals surface area (Å²) in [6, 6.07) is 23.6. The van der Waals surface area contributed by atoms with Crippen molar-refractivity contribution in [3.63, 3.8) is 0 Å². The lowest BCUT2D eigenvalue weighted by Gasteiger charge is -2.22. The fraction of sp³-hybridized carbons (Fsp3) is 0.222. The van der Waals surface area contributed by atoms with E-state index in [9.17, 15) is 9.59 Å². The van der Waals surface area contributed by atoms with E-state index < -0.39 is 0 Å². The van der Waals surface area contributed by atoms with Gasteiger partial charge in [0.2, 0.25) is 11.8 Å². The highest BCUT2D eigenvalue weighted by atomic mass is 16.2. The molecule has 0 saturated heterocycles. The van der Waals surface area contributed by atoms with Crippen LogP contribution in [0.5, 0.6) is 0 Å². The number of carbonyl (C=O) groups is 2. The molecule has 0 saturated carbocycles. The van der Waals surface area contributed by atoms with E-state index in [2.05, 4.69) is 11.4 Å². The summed E-state index contributed by atoms with van der Waals surface area (Å²) in [5.41, 5.74) is 6.47. The van der Waals surface area contributed by atoms with E-state index >= 15 is 0 Å². The second-order valence-corrected chi connectivity index (χ2v) is 8.11. The SMILES string of the molecule is Cc1ccc(C2=Nc3ccccc3N(CC(=O)NCCc3ccccc3)C(=O)C2)c(C)c1. The summed E-state index contributed by atoms with van der Waals surface area (Å²) in [6.45, 7) is 4.57. The van der Waals surface area contributed by atoms with Crippen molar-refractivity contribution in [2.24, 2.45) is 4.99 Å². The third-order valence-electron chi connectivity index (χ3n) is 5.62. The highest BCUT2D eigenvalue weighted by Gasteiger charge is 2.27. The molecular formula is C27H27N3O2. The Morgan fingerprint density at radius 1 is 1.00 bits per heavy atom. The van der Waals surface area contributed by atoms with E-state index in [1.54, 1.807) is 4.90 Å². The number of fused-ring (bicyclic) bond motifs is 1. The summed E-state index contributed by atoms with van der Waals surface area (Å²) in [7, 11) is 0. The van der Waals surface area contributed by atoms with Crippen LogP contribution in [0, 0.1) is 13.8 Å². The normalized spacial score (nSPS) is 13.2. The van der Waals surface area contributed by atoms with Crippen molar-refractivity contribution in [1.29, 1.82) is 0 Å². The molecule has 162 valence electrons. The molecule has 1 heterocycles. The van der Waals surface area contributed by atoms with E-state index in [1.165, 1.54) is 5.56 Å². The van der Waals surface area contributed by atoms with Gasteiger partial charge in [0.1, 0.15) is 6.54 Å². The highest BCUT2D eigenvalue weighted by Crippen LogP contribution is 2.33. The first-order valence-corrected chi connectivity index (χ1v) is 10.9. The van der Waals surface area contributed by atoms with Crippen molar-refractivity contribution < 1.29 is 9.59 Å². The van der Waals surface area contributed by atoms with Crippen LogP contribution in [0.15, 0.2) is 77.8 Å².